The van der Waals surface area contributed by atoms with E-state index in [0.717, 1.165) is 11.4 Å². The van der Waals surface area contributed by atoms with E-state index in [-0.39, 0.29) is 0 Å². The van der Waals surface area contributed by atoms with Crippen molar-refractivity contribution in [1.82, 2.24) is 9.97 Å². The van der Waals surface area contributed by atoms with Crippen LogP contribution in [0.2, 0.25) is 5.02 Å². The minimum Gasteiger partial charge on any atom is -0.495 e. The van der Waals surface area contributed by atoms with E-state index in [1.165, 1.54) is 0 Å². The van der Waals surface area contributed by atoms with Gasteiger partial charge in [-0.1, -0.05) is 11.6 Å². The molecule has 0 radical (unpaired) electrons. The van der Waals surface area contributed by atoms with Crippen molar-refractivity contribution in [2.45, 2.75) is 0 Å². The van der Waals surface area contributed by atoms with E-state index in [0.29, 0.717) is 34.0 Å². The molecule has 0 bridgehead atoms. The van der Waals surface area contributed by atoms with Gasteiger partial charge in [-0.25, -0.2) is 4.98 Å². The van der Waals surface area contributed by atoms with Gasteiger partial charge in [0.25, 0.3) is 0 Å². The Hall–Kier alpha value is -3.19. The molecule has 0 amide bonds. The smallest absolute Gasteiger partial charge is 0.229 e. The highest BCUT2D eigenvalue weighted by Gasteiger charge is 2.07. The third-order valence-corrected chi connectivity index (χ3v) is 4.01. The van der Waals surface area contributed by atoms with Gasteiger partial charge in [-0.3, -0.25) is 0 Å². The summed E-state index contributed by atoms with van der Waals surface area (Å²) >= 11 is 6.15. The van der Waals surface area contributed by atoms with Crippen LogP contribution in [0.5, 0.6) is 17.2 Å². The molecule has 140 valence electrons. The van der Waals surface area contributed by atoms with Crippen LogP contribution >= 0.6 is 11.6 Å². The summed E-state index contributed by atoms with van der Waals surface area (Å²) in [4.78, 5) is 8.68. The number of ether oxygens (including phenoxy) is 3. The van der Waals surface area contributed by atoms with Crippen LogP contribution in [0.4, 0.5) is 23.1 Å². The number of nitrogens with zero attached hydrogens (tertiary/aromatic N) is 2. The van der Waals surface area contributed by atoms with Crippen LogP contribution in [-0.2, 0) is 0 Å². The average molecular weight is 387 g/mol. The lowest BCUT2D eigenvalue weighted by atomic mass is 10.2. The zero-order valence-corrected chi connectivity index (χ0v) is 15.9. The van der Waals surface area contributed by atoms with Gasteiger partial charge in [-0.05, 0) is 36.4 Å². The molecule has 0 aliphatic carbocycles. The van der Waals surface area contributed by atoms with Crippen LogP contribution in [0.15, 0.2) is 48.7 Å². The fourth-order valence-electron chi connectivity index (χ4n) is 2.42. The van der Waals surface area contributed by atoms with Crippen molar-refractivity contribution in [2.24, 2.45) is 0 Å². The first kappa shape index (κ1) is 18.6. The lowest BCUT2D eigenvalue weighted by Gasteiger charge is -2.12. The predicted octanol–water partition coefficient (Wildman–Crippen LogP) is 4.64. The Bertz CT molecular complexity index is 937. The molecule has 8 heteroatoms. The molecule has 0 saturated heterocycles. The first-order valence-electron chi connectivity index (χ1n) is 8.05. The highest BCUT2D eigenvalue weighted by molar-refractivity contribution is 6.32. The van der Waals surface area contributed by atoms with E-state index < -0.39 is 0 Å². The first-order chi connectivity index (χ1) is 13.1. The molecule has 27 heavy (non-hydrogen) atoms. The average Bonchev–Trinajstić information content (AvgIpc) is 2.68. The summed E-state index contributed by atoms with van der Waals surface area (Å²) in [5.41, 5.74) is 1.56. The lowest BCUT2D eigenvalue weighted by Crippen LogP contribution is -2.01. The Balaban J connectivity index is 1.77. The Labute approximate surface area is 162 Å². The molecule has 0 aliphatic rings. The molecule has 2 aromatic carbocycles. The van der Waals surface area contributed by atoms with Gasteiger partial charge in [0.1, 0.15) is 11.6 Å². The summed E-state index contributed by atoms with van der Waals surface area (Å²) in [5.74, 6) is 2.94. The maximum atomic E-state index is 6.15. The van der Waals surface area contributed by atoms with E-state index in [2.05, 4.69) is 20.6 Å². The number of hydrogen-bond donors (Lipinski definition) is 2. The van der Waals surface area contributed by atoms with Gasteiger partial charge >= 0.3 is 0 Å². The van der Waals surface area contributed by atoms with Gasteiger partial charge in [0.2, 0.25) is 5.95 Å². The highest BCUT2D eigenvalue weighted by Crippen LogP contribution is 2.31. The minimum atomic E-state index is 0.432. The van der Waals surface area contributed by atoms with E-state index in [4.69, 9.17) is 25.8 Å². The van der Waals surface area contributed by atoms with Crippen molar-refractivity contribution in [1.29, 1.82) is 0 Å². The number of rotatable bonds is 7. The number of halogens is 1. The largest absolute Gasteiger partial charge is 0.495 e. The molecule has 0 unspecified atom stereocenters. The van der Waals surface area contributed by atoms with Crippen LogP contribution in [0, 0.1) is 0 Å². The Kier molecular flexibility index (Phi) is 5.83. The second-order valence-electron chi connectivity index (χ2n) is 5.43. The molecule has 0 atom stereocenters. The lowest BCUT2D eigenvalue weighted by molar-refractivity contribution is 0.355. The Morgan fingerprint density at radius 3 is 2.11 bits per heavy atom. The highest BCUT2D eigenvalue weighted by atomic mass is 35.5. The minimum absolute atomic E-state index is 0.432. The molecule has 3 rings (SSSR count). The van der Waals surface area contributed by atoms with Crippen molar-refractivity contribution in [2.75, 3.05) is 32.0 Å². The molecule has 0 saturated carbocycles. The third-order valence-electron chi connectivity index (χ3n) is 3.72. The summed E-state index contributed by atoms with van der Waals surface area (Å²) in [6.45, 7) is 0. The molecule has 0 spiro atoms. The normalized spacial score (nSPS) is 10.2. The third kappa shape index (κ3) is 4.51. The number of benzene rings is 2. The molecule has 0 fully saturated rings. The van der Waals surface area contributed by atoms with Gasteiger partial charge < -0.3 is 24.8 Å². The predicted molar refractivity (Wildman–Crippen MR) is 106 cm³/mol. The molecule has 7 nitrogen and oxygen atoms in total. The van der Waals surface area contributed by atoms with Crippen molar-refractivity contribution in [3.8, 4) is 17.2 Å². The van der Waals surface area contributed by atoms with E-state index in [1.807, 2.05) is 24.3 Å². The maximum absolute atomic E-state index is 6.15. The van der Waals surface area contributed by atoms with Crippen LogP contribution in [0.3, 0.4) is 0 Å². The van der Waals surface area contributed by atoms with Gasteiger partial charge in [0.15, 0.2) is 11.5 Å². The Morgan fingerprint density at radius 2 is 1.44 bits per heavy atom. The zero-order valence-electron chi connectivity index (χ0n) is 15.1. The molecule has 3 aromatic rings. The van der Waals surface area contributed by atoms with Crippen LogP contribution in [0.1, 0.15) is 0 Å². The topological polar surface area (TPSA) is 77.5 Å². The molecule has 1 aromatic heterocycles. The summed E-state index contributed by atoms with van der Waals surface area (Å²) < 4.78 is 15.7. The van der Waals surface area contributed by atoms with Crippen LogP contribution < -0.4 is 24.8 Å². The summed E-state index contributed by atoms with van der Waals surface area (Å²) in [7, 11) is 4.76. The van der Waals surface area contributed by atoms with E-state index in [1.54, 1.807) is 45.7 Å². The Morgan fingerprint density at radius 1 is 0.778 bits per heavy atom. The molecule has 1 heterocycles. The van der Waals surface area contributed by atoms with Crippen LogP contribution in [-0.4, -0.2) is 31.3 Å². The summed E-state index contributed by atoms with van der Waals surface area (Å²) in [5, 5.41) is 6.83. The second-order valence-corrected chi connectivity index (χ2v) is 5.84. The number of hydrogen-bond acceptors (Lipinski definition) is 7. The zero-order chi connectivity index (χ0) is 19.2. The van der Waals surface area contributed by atoms with Crippen molar-refractivity contribution < 1.29 is 14.2 Å². The standard InChI is InChI=1S/C19H19ClN4O3/c1-25-15-6-4-12(10-14(15)20)23-19-21-9-8-18(24-19)22-13-5-7-16(26-2)17(11-13)27-3/h4-11H,1-3H3,(H2,21,22,23,24). The quantitative estimate of drug-likeness (QED) is 0.612. The van der Waals surface area contributed by atoms with Crippen molar-refractivity contribution >= 4 is 34.7 Å². The van der Waals surface area contributed by atoms with Gasteiger partial charge in [-0.15, -0.1) is 0 Å². The fraction of sp³-hybridized carbons (Fsp3) is 0.158. The van der Waals surface area contributed by atoms with Gasteiger partial charge in [0, 0.05) is 23.6 Å². The maximum Gasteiger partial charge on any atom is 0.229 e. The van der Waals surface area contributed by atoms with Gasteiger partial charge in [0.05, 0.1) is 26.4 Å². The molecule has 0 aliphatic heterocycles. The second kappa shape index (κ2) is 8.46. The SMILES string of the molecule is COc1ccc(Nc2nccc(Nc3ccc(OC)c(OC)c3)n2)cc1Cl. The summed E-state index contributed by atoms with van der Waals surface area (Å²) in [6, 6.07) is 12.7. The number of methoxy groups -OCH3 is 3. The van der Waals surface area contributed by atoms with E-state index >= 15 is 0 Å². The first-order valence-corrected chi connectivity index (χ1v) is 8.43. The number of aromatic nitrogens is 2. The van der Waals surface area contributed by atoms with Crippen molar-refractivity contribution in [3.63, 3.8) is 0 Å². The summed E-state index contributed by atoms with van der Waals surface area (Å²) in [6.07, 6.45) is 1.66. The monoisotopic (exact) mass is 386 g/mol. The van der Waals surface area contributed by atoms with Gasteiger partial charge in [-0.2, -0.15) is 4.98 Å². The number of nitrogens with one attached hydrogen (secondary N) is 2. The van der Waals surface area contributed by atoms with E-state index in [9.17, 15) is 0 Å². The van der Waals surface area contributed by atoms with Crippen molar-refractivity contribution in [3.05, 3.63) is 53.7 Å². The molecular weight excluding hydrogens is 368 g/mol. The van der Waals surface area contributed by atoms with Crippen LogP contribution in [0.25, 0.3) is 0 Å². The number of anilines is 4. The molecule has 2 N–H and O–H groups in total. The molecular formula is C19H19ClN4O3. The fourth-order valence-corrected chi connectivity index (χ4v) is 2.68.